The Morgan fingerprint density at radius 2 is 1.90 bits per heavy atom. The summed E-state index contributed by atoms with van der Waals surface area (Å²) in [5.41, 5.74) is -0.684. The van der Waals surface area contributed by atoms with Gasteiger partial charge in [-0.1, -0.05) is 20.8 Å². The largest absolute Gasteiger partial charge is 0.414 e. The second-order valence-electron chi connectivity index (χ2n) is 5.69. The Morgan fingerprint density at radius 3 is 2.38 bits per heavy atom. The predicted molar refractivity (Wildman–Crippen MR) is 70.5 cm³/mol. The Bertz CT molecular complexity index is 490. The Hall–Kier alpha value is -1.15. The van der Waals surface area contributed by atoms with Crippen molar-refractivity contribution in [1.29, 1.82) is 0 Å². The van der Waals surface area contributed by atoms with Gasteiger partial charge in [0, 0.05) is 12.5 Å². The van der Waals surface area contributed by atoms with E-state index in [-0.39, 0.29) is 11.1 Å². The molecule has 9 heteroatoms. The first kappa shape index (κ1) is 17.9. The first-order valence-corrected chi connectivity index (χ1v) is 6.48. The molecule has 2 atom stereocenters. The maximum Gasteiger partial charge on any atom is 0.414 e. The van der Waals surface area contributed by atoms with Crippen LogP contribution in [0, 0.1) is 11.2 Å². The lowest BCUT2D eigenvalue weighted by molar-refractivity contribution is -0.207. The molecule has 1 unspecified atom stereocenters. The maximum atomic E-state index is 13.6. The standard InChI is InChI=1S/C12H16ClF4N3O/c1-11(2,3)7(4-8(21)12(15,16)17)19-9-6(14)5-18-10(13)20-9/h5,7-8,21H,4H2,1-3H3,(H,18,19,20)/t7-,8?/m1/s1. The number of aromatic nitrogens is 2. The number of nitrogens with zero attached hydrogens (tertiary/aromatic N) is 2. The van der Waals surface area contributed by atoms with E-state index in [1.165, 1.54) is 0 Å². The summed E-state index contributed by atoms with van der Waals surface area (Å²) in [6.45, 7) is 4.98. The molecule has 0 aromatic carbocycles. The number of anilines is 1. The van der Waals surface area contributed by atoms with Crippen molar-refractivity contribution in [1.82, 2.24) is 9.97 Å². The molecule has 0 fully saturated rings. The fourth-order valence-electron chi connectivity index (χ4n) is 1.60. The Kier molecular flexibility index (Phi) is 5.38. The molecule has 1 aromatic rings. The van der Waals surface area contributed by atoms with Gasteiger partial charge in [0.05, 0.1) is 6.20 Å². The molecule has 1 heterocycles. The second kappa shape index (κ2) is 6.31. The number of aliphatic hydroxyl groups excluding tert-OH is 1. The fourth-order valence-corrected chi connectivity index (χ4v) is 1.73. The van der Waals surface area contributed by atoms with Gasteiger partial charge in [-0.25, -0.2) is 9.37 Å². The zero-order valence-corrected chi connectivity index (χ0v) is 12.4. The Balaban J connectivity index is 2.97. The van der Waals surface area contributed by atoms with Gasteiger partial charge in [0.15, 0.2) is 17.7 Å². The average Bonchev–Trinajstić information content (AvgIpc) is 2.30. The van der Waals surface area contributed by atoms with Crippen molar-refractivity contribution in [2.24, 2.45) is 5.41 Å². The van der Waals surface area contributed by atoms with Crippen LogP contribution in [-0.2, 0) is 0 Å². The van der Waals surface area contributed by atoms with Crippen LogP contribution >= 0.6 is 11.6 Å². The lowest BCUT2D eigenvalue weighted by Gasteiger charge is -2.33. The SMILES string of the molecule is CC(C)(C)[C@@H](CC(O)C(F)(F)F)Nc1nc(Cl)ncc1F. The van der Waals surface area contributed by atoms with E-state index in [9.17, 15) is 22.7 Å². The molecule has 0 aliphatic carbocycles. The van der Waals surface area contributed by atoms with Gasteiger partial charge in [0.2, 0.25) is 5.28 Å². The molecule has 120 valence electrons. The molecule has 0 saturated heterocycles. The summed E-state index contributed by atoms with van der Waals surface area (Å²) in [6, 6.07) is -0.880. The lowest BCUT2D eigenvalue weighted by atomic mass is 9.83. The molecular formula is C12H16ClF4N3O. The molecule has 1 aromatic heterocycles. The summed E-state index contributed by atoms with van der Waals surface area (Å²) >= 11 is 5.53. The molecule has 2 N–H and O–H groups in total. The van der Waals surface area contributed by atoms with Gasteiger partial charge < -0.3 is 10.4 Å². The van der Waals surface area contributed by atoms with Gasteiger partial charge in [0.1, 0.15) is 0 Å². The van der Waals surface area contributed by atoms with Crippen molar-refractivity contribution in [3.63, 3.8) is 0 Å². The Labute approximate surface area is 124 Å². The van der Waals surface area contributed by atoms with Crippen molar-refractivity contribution in [2.75, 3.05) is 5.32 Å². The van der Waals surface area contributed by atoms with Crippen molar-refractivity contribution in [3.8, 4) is 0 Å². The number of nitrogens with one attached hydrogen (secondary N) is 1. The predicted octanol–water partition coefficient (Wildman–Crippen LogP) is 3.41. The van der Waals surface area contributed by atoms with Crippen molar-refractivity contribution >= 4 is 17.4 Å². The molecular weight excluding hydrogens is 314 g/mol. The van der Waals surface area contributed by atoms with Crippen molar-refractivity contribution in [3.05, 3.63) is 17.3 Å². The van der Waals surface area contributed by atoms with Gasteiger partial charge in [0.25, 0.3) is 0 Å². The number of alkyl halides is 3. The highest BCUT2D eigenvalue weighted by atomic mass is 35.5. The Morgan fingerprint density at radius 1 is 1.33 bits per heavy atom. The average molecular weight is 330 g/mol. The van der Waals surface area contributed by atoms with Crippen LogP contribution in [0.4, 0.5) is 23.4 Å². The van der Waals surface area contributed by atoms with E-state index in [4.69, 9.17) is 11.6 Å². The number of hydrogen-bond donors (Lipinski definition) is 2. The quantitative estimate of drug-likeness (QED) is 0.656. The third kappa shape index (κ3) is 5.28. The number of hydrogen-bond acceptors (Lipinski definition) is 4. The highest BCUT2D eigenvalue weighted by molar-refractivity contribution is 6.28. The van der Waals surface area contributed by atoms with E-state index in [0.717, 1.165) is 6.20 Å². The van der Waals surface area contributed by atoms with Crippen molar-refractivity contribution in [2.45, 2.75) is 45.5 Å². The van der Waals surface area contributed by atoms with E-state index in [2.05, 4.69) is 15.3 Å². The van der Waals surface area contributed by atoms with Crippen LogP contribution in [0.15, 0.2) is 6.20 Å². The maximum absolute atomic E-state index is 13.6. The number of aliphatic hydroxyl groups is 1. The summed E-state index contributed by atoms with van der Waals surface area (Å²) in [4.78, 5) is 7.02. The second-order valence-corrected chi connectivity index (χ2v) is 6.03. The summed E-state index contributed by atoms with van der Waals surface area (Å²) in [6.07, 6.45) is -7.09. The zero-order valence-electron chi connectivity index (χ0n) is 11.7. The molecule has 0 aliphatic heterocycles. The minimum Gasteiger partial charge on any atom is -0.384 e. The summed E-state index contributed by atoms with van der Waals surface area (Å²) < 4.78 is 51.0. The summed E-state index contributed by atoms with van der Waals surface area (Å²) in [5, 5.41) is 11.5. The van der Waals surface area contributed by atoms with Gasteiger partial charge in [-0.15, -0.1) is 0 Å². The fraction of sp³-hybridized carbons (Fsp3) is 0.667. The van der Waals surface area contributed by atoms with Gasteiger partial charge >= 0.3 is 6.18 Å². The van der Waals surface area contributed by atoms with Crippen molar-refractivity contribution < 1.29 is 22.7 Å². The number of halogens is 5. The van der Waals surface area contributed by atoms with Gasteiger partial charge in [-0.3, -0.25) is 0 Å². The van der Waals surface area contributed by atoms with Crippen LogP contribution in [-0.4, -0.2) is 33.4 Å². The highest BCUT2D eigenvalue weighted by Crippen LogP contribution is 2.31. The summed E-state index contributed by atoms with van der Waals surface area (Å²) in [7, 11) is 0. The molecule has 4 nitrogen and oxygen atoms in total. The van der Waals surface area contributed by atoms with Crippen LogP contribution in [0.5, 0.6) is 0 Å². The molecule has 0 saturated carbocycles. The monoisotopic (exact) mass is 329 g/mol. The minimum absolute atomic E-state index is 0.233. The summed E-state index contributed by atoms with van der Waals surface area (Å²) in [5.74, 6) is -1.14. The van der Waals surface area contributed by atoms with Crippen LogP contribution in [0.3, 0.4) is 0 Å². The first-order chi connectivity index (χ1) is 9.41. The molecule has 0 radical (unpaired) electrons. The van der Waals surface area contributed by atoms with Crippen LogP contribution in [0.2, 0.25) is 5.28 Å². The first-order valence-electron chi connectivity index (χ1n) is 6.10. The van der Waals surface area contributed by atoms with Gasteiger partial charge in [-0.05, 0) is 17.0 Å². The van der Waals surface area contributed by atoms with E-state index < -0.39 is 36.0 Å². The van der Waals surface area contributed by atoms with Crippen LogP contribution < -0.4 is 5.32 Å². The molecule has 21 heavy (non-hydrogen) atoms. The zero-order chi connectivity index (χ0) is 16.4. The van der Waals surface area contributed by atoms with E-state index in [0.29, 0.717) is 0 Å². The van der Waals surface area contributed by atoms with E-state index in [1.54, 1.807) is 20.8 Å². The van der Waals surface area contributed by atoms with Gasteiger partial charge in [-0.2, -0.15) is 18.2 Å². The highest BCUT2D eigenvalue weighted by Gasteiger charge is 2.41. The lowest BCUT2D eigenvalue weighted by Crippen LogP contribution is -2.42. The number of rotatable bonds is 4. The normalized spacial score (nSPS) is 15.7. The third-order valence-electron chi connectivity index (χ3n) is 2.91. The topological polar surface area (TPSA) is 58.0 Å². The minimum atomic E-state index is -4.74. The molecule has 0 aliphatic rings. The smallest absolute Gasteiger partial charge is 0.384 e. The molecule has 0 amide bonds. The molecule has 0 bridgehead atoms. The van der Waals surface area contributed by atoms with Crippen LogP contribution in [0.25, 0.3) is 0 Å². The molecule has 1 rings (SSSR count). The molecule has 0 spiro atoms. The third-order valence-corrected chi connectivity index (χ3v) is 3.09. The van der Waals surface area contributed by atoms with E-state index in [1.807, 2.05) is 0 Å². The van der Waals surface area contributed by atoms with E-state index >= 15 is 0 Å². The van der Waals surface area contributed by atoms with Crippen LogP contribution in [0.1, 0.15) is 27.2 Å².